The van der Waals surface area contributed by atoms with Crippen LogP contribution in [0.3, 0.4) is 0 Å². The van der Waals surface area contributed by atoms with Crippen LogP contribution in [0.15, 0.2) is 114 Å². The molecule has 6 rings (SSSR count). The molecule has 0 aliphatic rings. The molecule has 0 saturated carbocycles. The molecule has 0 fully saturated rings. The van der Waals surface area contributed by atoms with Crippen LogP contribution < -0.4 is 25.4 Å². The van der Waals surface area contributed by atoms with Crippen LogP contribution in [0.1, 0.15) is 115 Å². The molecule has 0 unspecified atom stereocenters. The topological polar surface area (TPSA) is 261 Å². The molecule has 410 valence electrons. The van der Waals surface area contributed by atoms with Gasteiger partial charge < -0.3 is 50.4 Å². The van der Waals surface area contributed by atoms with Crippen molar-refractivity contribution in [2.75, 3.05) is 32.7 Å². The summed E-state index contributed by atoms with van der Waals surface area (Å²) in [7, 11) is -0.465. The first-order valence-electron chi connectivity index (χ1n) is 23.4. The normalized spacial score (nSPS) is 10.6. The highest BCUT2D eigenvalue weighted by atomic mass is 79.9. The number of phenols is 3. The van der Waals surface area contributed by atoms with Gasteiger partial charge in [0.05, 0.1) is 51.8 Å². The van der Waals surface area contributed by atoms with E-state index in [-0.39, 0.29) is 59.7 Å². The van der Waals surface area contributed by atoms with Gasteiger partial charge in [-0.05, 0) is 94.9 Å². The number of para-hydroxylation sites is 3. The number of aliphatic hydroxyl groups is 1. The fraction of sp³-hybridized carbons (Fsp3) is 0.368. The average molecular weight is 1100 g/mol. The van der Waals surface area contributed by atoms with Crippen molar-refractivity contribution in [1.82, 2.24) is 0 Å². The van der Waals surface area contributed by atoms with E-state index in [2.05, 4.69) is 36.7 Å². The van der Waals surface area contributed by atoms with Gasteiger partial charge in [0, 0.05) is 52.1 Å². The Balaban J connectivity index is 0.000000979. The maximum Gasteiger partial charge on any atom is 0.492 e. The molecule has 0 spiro atoms. The monoisotopic (exact) mass is 1100 g/mol. The van der Waals surface area contributed by atoms with E-state index in [0.29, 0.717) is 69.2 Å². The van der Waals surface area contributed by atoms with Gasteiger partial charge in [0.2, 0.25) is 0 Å². The average Bonchev–Trinajstić information content (AvgIpc) is 3.30. The van der Waals surface area contributed by atoms with E-state index in [1.54, 1.807) is 54.6 Å². The number of phenolic OH excluding ortho intramolecular Hbond substituents is 3. The zero-order valence-corrected chi connectivity index (χ0v) is 45.6. The van der Waals surface area contributed by atoms with Crippen LogP contribution in [0.4, 0.5) is 17.1 Å². The van der Waals surface area contributed by atoms with E-state index in [0.717, 1.165) is 29.5 Å². The number of nitrogen functional groups attached to an aromatic ring is 1. The third kappa shape index (κ3) is 19.4. The summed E-state index contributed by atoms with van der Waals surface area (Å²) < 4.78 is 16.8. The predicted octanol–water partition coefficient (Wildman–Crippen LogP) is 13.0. The Hall–Kier alpha value is -6.86. The Kier molecular flexibility index (Phi) is 27.7. The van der Waals surface area contributed by atoms with Crippen molar-refractivity contribution in [3.8, 4) is 56.8 Å². The Morgan fingerprint density at radius 2 is 0.853 bits per heavy atom. The number of nitro groups is 2. The molecule has 0 saturated heterocycles. The molecule has 0 bridgehead atoms. The summed E-state index contributed by atoms with van der Waals surface area (Å²) in [5, 5.41) is 76.9. The van der Waals surface area contributed by atoms with Gasteiger partial charge in [-0.25, -0.2) is 0 Å². The second-order valence-corrected chi connectivity index (χ2v) is 20.0. The summed E-state index contributed by atoms with van der Waals surface area (Å²) >= 11 is 3.12. The Morgan fingerprint density at radius 1 is 0.520 bits per heavy atom. The fourth-order valence-corrected chi connectivity index (χ4v) is 7.68. The maximum absolute atomic E-state index is 11.4. The second kappa shape index (κ2) is 30.5. The van der Waals surface area contributed by atoms with Gasteiger partial charge in [-0.15, -0.1) is 0 Å². The summed E-state index contributed by atoms with van der Waals surface area (Å²) in [5.74, 6) is 2.03. The van der Waals surface area contributed by atoms with Crippen molar-refractivity contribution in [2.45, 2.75) is 114 Å². The molecule has 8 N–H and O–H groups in total. The quantitative estimate of drug-likeness (QED) is 0.0275. The Morgan fingerprint density at radius 3 is 1.25 bits per heavy atom. The van der Waals surface area contributed by atoms with Crippen molar-refractivity contribution in [1.29, 1.82) is 0 Å². The van der Waals surface area contributed by atoms with Crippen LogP contribution >= 0.6 is 15.9 Å². The van der Waals surface area contributed by atoms with E-state index in [9.17, 15) is 35.5 Å². The zero-order chi connectivity index (χ0) is 55.6. The number of nitrogens with zero attached hydrogens (tertiary/aromatic N) is 2. The minimum absolute atomic E-state index is 0. The van der Waals surface area contributed by atoms with Crippen molar-refractivity contribution in [3.63, 3.8) is 0 Å². The highest BCUT2D eigenvalue weighted by Crippen LogP contribution is 2.44. The minimum atomic E-state index is -1.47. The summed E-state index contributed by atoms with van der Waals surface area (Å²) in [4.78, 5) is 21.0. The molecule has 0 amide bonds. The van der Waals surface area contributed by atoms with Crippen molar-refractivity contribution in [2.24, 2.45) is 0 Å². The largest absolute Gasteiger partial charge is 0.508 e. The van der Waals surface area contributed by atoms with Gasteiger partial charge in [-0.1, -0.05) is 132 Å². The number of benzene rings is 6. The van der Waals surface area contributed by atoms with Gasteiger partial charge in [0.1, 0.15) is 34.5 Å². The first-order valence-corrected chi connectivity index (χ1v) is 24.2. The van der Waals surface area contributed by atoms with E-state index in [4.69, 9.17) is 35.1 Å². The smallest absolute Gasteiger partial charge is 0.492 e. The SMILES string of the molecule is C.C.CC(C)(C)c1cc(Br)c([N+](=O)[O-])cc1O.CCOc1ccccc1-c1cc(C(C)(C)C)c(O)cc1N.CCOc1ccccc1-c1cc(C(C)(C)C)c(O)cc1[N+](=O)[O-].CCOc1ccccc1B(O)O.CO. The summed E-state index contributed by atoms with van der Waals surface area (Å²) in [5.41, 5.74) is 11.2. The standard InChI is InChI=1S/C18H21NO4.C18H23NO2.C10H12BrNO3.C8H11BO3.CH4O.2CH4/c1-5-23-17-9-7-6-8-12(17)13-10-14(18(2,3)4)16(20)11-15(13)19(21)22;1-5-21-17-9-7-6-8-12(17)13-10-14(18(2,3)4)16(20)11-15(13)19;1-10(2,3)6-4-7(11)8(12(14)15)5-9(6)13;1-2-12-8-6-4-3-5-7(8)9(10)11;1-2;;/h6-11,20H,5H2,1-4H3;6-11,20H,5,19H2,1-4H3;4-5,13H,1-3H3;3-6,10-11H,2H2,1H3;2H,1H3;2*1H4. The molecule has 16 nitrogen and oxygen atoms in total. The maximum atomic E-state index is 11.4. The lowest BCUT2D eigenvalue weighted by atomic mass is 9.80. The van der Waals surface area contributed by atoms with Crippen molar-refractivity contribution >= 4 is 45.6 Å². The second-order valence-electron chi connectivity index (χ2n) is 19.1. The van der Waals surface area contributed by atoms with E-state index < -0.39 is 17.0 Å². The van der Waals surface area contributed by atoms with Crippen molar-refractivity contribution in [3.05, 3.63) is 151 Å². The zero-order valence-electron chi connectivity index (χ0n) is 44.0. The van der Waals surface area contributed by atoms with Gasteiger partial charge in [0.15, 0.2) is 0 Å². The van der Waals surface area contributed by atoms with Gasteiger partial charge >= 0.3 is 7.12 Å². The number of nitro benzene ring substituents is 2. The van der Waals surface area contributed by atoms with Gasteiger partial charge in [-0.3, -0.25) is 20.2 Å². The van der Waals surface area contributed by atoms with E-state index in [1.165, 1.54) is 12.1 Å². The van der Waals surface area contributed by atoms with Crippen LogP contribution in [0.25, 0.3) is 22.3 Å². The first kappa shape index (κ1) is 68.1. The molecule has 6 aromatic rings. The molecular formula is C57H79BBrN3O13. The molecule has 18 heteroatoms. The molecule has 0 aromatic heterocycles. The predicted molar refractivity (Wildman–Crippen MR) is 308 cm³/mol. The highest BCUT2D eigenvalue weighted by Gasteiger charge is 2.27. The Labute approximate surface area is 452 Å². The lowest BCUT2D eigenvalue weighted by Gasteiger charge is -2.23. The minimum Gasteiger partial charge on any atom is -0.508 e. The number of nitrogens with two attached hydrogens (primary N) is 1. The van der Waals surface area contributed by atoms with Crippen LogP contribution in [-0.4, -0.2) is 74.4 Å². The lowest BCUT2D eigenvalue weighted by molar-refractivity contribution is -0.385. The number of aliphatic hydroxyl groups excluding tert-OH is 1. The summed E-state index contributed by atoms with van der Waals surface area (Å²) in [6.07, 6.45) is 0. The van der Waals surface area contributed by atoms with Gasteiger partial charge in [0.25, 0.3) is 11.4 Å². The molecule has 0 radical (unpaired) electrons. The fourth-order valence-electron chi connectivity index (χ4n) is 7.20. The van der Waals surface area contributed by atoms with Crippen LogP contribution in [0.5, 0.6) is 34.5 Å². The first-order chi connectivity index (χ1) is 34.1. The molecule has 6 aromatic carbocycles. The summed E-state index contributed by atoms with van der Waals surface area (Å²) in [6.45, 7) is 25.1. The number of anilines is 1. The molecule has 0 aliphatic heterocycles. The molecule has 0 heterocycles. The number of rotatable bonds is 11. The third-order valence-electron chi connectivity index (χ3n) is 10.6. The molecule has 75 heavy (non-hydrogen) atoms. The number of ether oxygens (including phenoxy) is 3. The molecule has 0 atom stereocenters. The number of aromatic hydroxyl groups is 3. The van der Waals surface area contributed by atoms with Crippen LogP contribution in [0, 0.1) is 20.2 Å². The van der Waals surface area contributed by atoms with Crippen LogP contribution in [0.2, 0.25) is 0 Å². The Bertz CT molecular complexity index is 2770. The van der Waals surface area contributed by atoms with E-state index in [1.807, 2.05) is 105 Å². The van der Waals surface area contributed by atoms with Crippen LogP contribution in [-0.2, 0) is 16.2 Å². The number of halogens is 1. The molecule has 0 aliphatic carbocycles. The molecular weight excluding hydrogens is 1030 g/mol. The van der Waals surface area contributed by atoms with Gasteiger partial charge in [-0.2, -0.15) is 0 Å². The highest BCUT2D eigenvalue weighted by molar-refractivity contribution is 9.10. The number of hydrogen-bond acceptors (Lipinski definition) is 14. The van der Waals surface area contributed by atoms with E-state index >= 15 is 0 Å². The summed E-state index contributed by atoms with van der Waals surface area (Å²) in [6, 6.07) is 31.1. The lowest BCUT2D eigenvalue weighted by Crippen LogP contribution is -2.31. The third-order valence-corrected chi connectivity index (χ3v) is 11.3. The van der Waals surface area contributed by atoms with Crippen molar-refractivity contribution < 1.29 is 54.5 Å². The number of hydrogen-bond donors (Lipinski definition) is 7.